The van der Waals surface area contributed by atoms with E-state index in [4.69, 9.17) is 14.9 Å². The van der Waals surface area contributed by atoms with Crippen molar-refractivity contribution in [2.45, 2.75) is 51.6 Å². The number of aryl methyl sites for hydroxylation is 1. The number of amides is 2. The molecule has 1 unspecified atom stereocenters. The predicted molar refractivity (Wildman–Crippen MR) is 149 cm³/mol. The number of carbonyl (C=O) groups excluding carboxylic acids is 2. The molecule has 0 aliphatic rings. The van der Waals surface area contributed by atoms with Crippen molar-refractivity contribution in [1.82, 2.24) is 20.0 Å². The van der Waals surface area contributed by atoms with Crippen LogP contribution < -0.4 is 10.1 Å². The Labute approximate surface area is 222 Å². The van der Waals surface area contributed by atoms with Gasteiger partial charge in [0.15, 0.2) is 0 Å². The van der Waals surface area contributed by atoms with Gasteiger partial charge in [0.05, 0.1) is 6.34 Å². The Bertz CT molecular complexity index is 793. The number of hydrogen-bond donors (Lipinski definition) is 3. The number of nitrogens with zero attached hydrogens (tertiary/aromatic N) is 3. The molecule has 9 nitrogen and oxygen atoms in total. The molecule has 0 radical (unpaired) electrons. The maximum atomic E-state index is 13.0. The maximum absolute atomic E-state index is 13.0. The van der Waals surface area contributed by atoms with Crippen molar-refractivity contribution in [3.8, 4) is 5.75 Å². The van der Waals surface area contributed by atoms with Gasteiger partial charge in [-0.25, -0.2) is 9.59 Å². The lowest BCUT2D eigenvalue weighted by atomic mass is 10.0. The van der Waals surface area contributed by atoms with Gasteiger partial charge in [-0.15, -0.1) is 0 Å². The van der Waals surface area contributed by atoms with Crippen molar-refractivity contribution in [2.24, 2.45) is 0 Å². The molecule has 0 aromatic heterocycles. The van der Waals surface area contributed by atoms with Gasteiger partial charge in [-0.1, -0.05) is 12.5 Å². The minimum atomic E-state index is -0.663. The van der Waals surface area contributed by atoms with Crippen molar-refractivity contribution in [2.75, 3.05) is 60.1 Å². The van der Waals surface area contributed by atoms with E-state index in [1.54, 1.807) is 11.0 Å². The molecule has 0 saturated heterocycles. The number of hydrogen-bond acceptors (Lipinski definition) is 8. The molecule has 0 heterocycles. The molecule has 1 aromatic rings. The lowest BCUT2D eigenvalue weighted by Gasteiger charge is -2.24. The smallest absolute Gasteiger partial charge is 0.415 e. The average molecular weight is 524 g/mol. The van der Waals surface area contributed by atoms with Crippen LogP contribution >= 0.6 is 12.6 Å². The summed E-state index contributed by atoms with van der Waals surface area (Å²) in [5.41, 5.74) is 1.62. The topological polar surface area (TPSA) is 98.2 Å². The van der Waals surface area contributed by atoms with Crippen LogP contribution in [0.15, 0.2) is 18.2 Å². The monoisotopic (exact) mass is 523 g/mol. The van der Waals surface area contributed by atoms with Crippen LogP contribution in [-0.4, -0.2) is 93.3 Å². The van der Waals surface area contributed by atoms with Crippen LogP contribution in [0.4, 0.5) is 9.59 Å². The SMILES string of the molecule is Cc1cc(C(CCCCCS)OC(=O)NC=N)ccc1OC(=O)N(CCCN(C)C)CCCN(C)C. The van der Waals surface area contributed by atoms with Crippen LogP contribution in [0, 0.1) is 12.3 Å². The number of thiol groups is 1. The Kier molecular flexibility index (Phi) is 15.9. The zero-order valence-electron chi connectivity index (χ0n) is 22.6. The van der Waals surface area contributed by atoms with E-state index in [9.17, 15) is 9.59 Å². The van der Waals surface area contributed by atoms with Gasteiger partial charge >= 0.3 is 12.2 Å². The lowest BCUT2D eigenvalue weighted by molar-refractivity contribution is 0.0954. The quantitative estimate of drug-likeness (QED) is 0.120. The number of alkyl carbamates (subject to hydrolysis) is 1. The molecule has 10 heteroatoms. The number of unbranched alkanes of at least 4 members (excludes halogenated alkanes) is 2. The molecular weight excluding hydrogens is 478 g/mol. The first-order valence-corrected chi connectivity index (χ1v) is 13.2. The van der Waals surface area contributed by atoms with E-state index in [1.165, 1.54) is 0 Å². The van der Waals surface area contributed by atoms with Gasteiger partial charge in [0.1, 0.15) is 11.9 Å². The van der Waals surface area contributed by atoms with Gasteiger partial charge < -0.3 is 24.2 Å². The first kappa shape index (κ1) is 31.7. The van der Waals surface area contributed by atoms with Gasteiger partial charge in [0.25, 0.3) is 0 Å². The number of rotatable bonds is 17. The van der Waals surface area contributed by atoms with Crippen molar-refractivity contribution in [1.29, 1.82) is 5.41 Å². The fourth-order valence-corrected chi connectivity index (χ4v) is 3.95. The highest BCUT2D eigenvalue weighted by atomic mass is 32.1. The first-order valence-electron chi connectivity index (χ1n) is 12.6. The number of ether oxygens (including phenoxy) is 2. The molecule has 36 heavy (non-hydrogen) atoms. The highest BCUT2D eigenvalue weighted by Crippen LogP contribution is 2.29. The summed E-state index contributed by atoms with van der Waals surface area (Å²) in [5.74, 6) is 1.31. The van der Waals surface area contributed by atoms with E-state index in [0.29, 0.717) is 25.3 Å². The molecule has 0 aliphatic carbocycles. The predicted octanol–water partition coefficient (Wildman–Crippen LogP) is 4.56. The molecule has 2 N–H and O–H groups in total. The standard InChI is InChI=1S/C26H45N5O4S/c1-21-19-22(24(11-7-6-8-18-36)34-25(32)28-20-27)12-13-23(21)35-26(33)31(16-9-14-29(2)3)17-10-15-30(4)5/h12-13,19-20,24,36H,6-11,14-18H2,1-5H3,(H2,27,28,32). The van der Waals surface area contributed by atoms with Crippen molar-refractivity contribution >= 4 is 31.2 Å². The molecule has 1 aromatic carbocycles. The molecule has 2 amide bonds. The van der Waals surface area contributed by atoms with Crippen molar-refractivity contribution < 1.29 is 19.1 Å². The number of carbonyl (C=O) groups is 2. The Balaban J connectivity index is 2.92. The van der Waals surface area contributed by atoms with Crippen LogP contribution in [0.1, 0.15) is 55.8 Å². The van der Waals surface area contributed by atoms with E-state index in [2.05, 4.69) is 27.7 Å². The van der Waals surface area contributed by atoms with Gasteiger partial charge in [0.2, 0.25) is 0 Å². The Morgan fingerprint density at radius 1 is 1.00 bits per heavy atom. The fourth-order valence-electron chi connectivity index (χ4n) is 3.73. The van der Waals surface area contributed by atoms with E-state index in [-0.39, 0.29) is 6.09 Å². The van der Waals surface area contributed by atoms with Crippen LogP contribution in [0.5, 0.6) is 5.75 Å². The summed E-state index contributed by atoms with van der Waals surface area (Å²) in [4.78, 5) is 31.0. The number of nitrogens with one attached hydrogen (secondary N) is 2. The van der Waals surface area contributed by atoms with E-state index < -0.39 is 12.2 Å². The summed E-state index contributed by atoms with van der Waals surface area (Å²) in [6.07, 6.45) is 4.59. The largest absolute Gasteiger partial charge is 0.441 e. The van der Waals surface area contributed by atoms with Crippen molar-refractivity contribution in [3.63, 3.8) is 0 Å². The zero-order valence-corrected chi connectivity index (χ0v) is 23.5. The molecule has 204 valence electrons. The van der Waals surface area contributed by atoms with Crippen LogP contribution in [-0.2, 0) is 4.74 Å². The molecule has 0 saturated carbocycles. The van der Waals surface area contributed by atoms with E-state index in [0.717, 1.165) is 68.4 Å². The van der Waals surface area contributed by atoms with Crippen molar-refractivity contribution in [3.05, 3.63) is 29.3 Å². The number of benzene rings is 1. The van der Waals surface area contributed by atoms with Gasteiger partial charge in [-0.2, -0.15) is 12.6 Å². The summed E-state index contributed by atoms with van der Waals surface area (Å²) >= 11 is 4.25. The molecule has 1 rings (SSSR count). The minimum absolute atomic E-state index is 0.353. The third kappa shape index (κ3) is 13.1. The first-order chi connectivity index (χ1) is 17.2. The fraction of sp³-hybridized carbons (Fsp3) is 0.654. The second-order valence-corrected chi connectivity index (χ2v) is 9.90. The van der Waals surface area contributed by atoms with Crippen LogP contribution in [0.2, 0.25) is 0 Å². The van der Waals surface area contributed by atoms with E-state index >= 15 is 0 Å². The molecular formula is C26H45N5O4S. The third-order valence-corrected chi connectivity index (χ3v) is 5.97. The van der Waals surface area contributed by atoms with Gasteiger partial charge in [0, 0.05) is 13.1 Å². The highest BCUT2D eigenvalue weighted by Gasteiger charge is 2.20. The average Bonchev–Trinajstić information content (AvgIpc) is 2.81. The normalized spacial score (nSPS) is 11.9. The Hall–Kier alpha value is -2.30. The summed E-state index contributed by atoms with van der Waals surface area (Å²) < 4.78 is 11.3. The minimum Gasteiger partial charge on any atom is -0.441 e. The summed E-state index contributed by atoms with van der Waals surface area (Å²) in [7, 11) is 8.08. The summed E-state index contributed by atoms with van der Waals surface area (Å²) in [6.45, 7) is 4.93. The van der Waals surface area contributed by atoms with E-state index in [1.807, 2.05) is 47.2 Å². The lowest BCUT2D eigenvalue weighted by Crippen LogP contribution is -2.37. The summed E-state index contributed by atoms with van der Waals surface area (Å²) in [6, 6.07) is 5.49. The summed E-state index contributed by atoms with van der Waals surface area (Å²) in [5, 5.41) is 9.31. The highest BCUT2D eigenvalue weighted by molar-refractivity contribution is 7.80. The van der Waals surface area contributed by atoms with Gasteiger partial charge in [-0.05, 0) is 109 Å². The van der Waals surface area contributed by atoms with Crippen LogP contribution in [0.25, 0.3) is 0 Å². The van der Waals surface area contributed by atoms with Crippen LogP contribution in [0.3, 0.4) is 0 Å². The Morgan fingerprint density at radius 2 is 1.64 bits per heavy atom. The Morgan fingerprint density at radius 3 is 2.17 bits per heavy atom. The molecule has 0 spiro atoms. The second kappa shape index (κ2) is 18.0. The second-order valence-electron chi connectivity index (χ2n) is 9.45. The zero-order chi connectivity index (χ0) is 26.9. The molecule has 1 atom stereocenters. The third-order valence-electron chi connectivity index (χ3n) is 5.66. The van der Waals surface area contributed by atoms with Gasteiger partial charge in [-0.3, -0.25) is 10.7 Å². The molecule has 0 fully saturated rings. The molecule has 0 aliphatic heterocycles. The maximum Gasteiger partial charge on any atom is 0.415 e. The molecule has 0 bridgehead atoms.